The Balaban J connectivity index is 2.25. The Morgan fingerprint density at radius 3 is 2.91 bits per heavy atom. The number of nitrogens with one attached hydrogen (secondary N) is 1. The van der Waals surface area contributed by atoms with E-state index in [1.165, 1.54) is 0 Å². The Morgan fingerprint density at radius 2 is 2.14 bits per heavy atom. The molecule has 3 heterocycles. The Kier molecular flexibility index (Phi) is 4.01. The topological polar surface area (TPSA) is 63.2 Å². The van der Waals surface area contributed by atoms with E-state index >= 15 is 0 Å². The molecule has 6 nitrogen and oxygen atoms in total. The zero-order chi connectivity index (χ0) is 15.9. The molecule has 0 spiro atoms. The second-order valence-electron chi connectivity index (χ2n) is 5.48. The monoisotopic (exact) mass is 325 g/mol. The molecule has 0 aliphatic carbocycles. The fourth-order valence-corrected chi connectivity index (χ4v) is 2.73. The molecule has 0 bridgehead atoms. The van der Waals surface area contributed by atoms with Gasteiger partial charge in [0.25, 0.3) is 0 Å². The van der Waals surface area contributed by atoms with Crippen LogP contribution in [0.2, 0.25) is 5.15 Å². The van der Waals surface area contributed by atoms with Crippen molar-refractivity contribution in [3.05, 3.63) is 16.8 Å². The first-order chi connectivity index (χ1) is 10.5. The maximum atomic E-state index is 14.3. The number of aryl methyl sites for hydroxylation is 1. The molecule has 0 radical (unpaired) electrons. The van der Waals surface area contributed by atoms with Crippen LogP contribution in [0, 0.1) is 12.7 Å². The summed E-state index contributed by atoms with van der Waals surface area (Å²) in [6.45, 7) is 5.86. The van der Waals surface area contributed by atoms with Crippen LogP contribution in [0.3, 0.4) is 0 Å². The number of aromatic nitrogens is 3. The van der Waals surface area contributed by atoms with Crippen LogP contribution in [-0.4, -0.2) is 52.6 Å². The van der Waals surface area contributed by atoms with Gasteiger partial charge in [0.05, 0.1) is 0 Å². The van der Waals surface area contributed by atoms with E-state index < -0.39 is 5.82 Å². The smallest absolute Gasteiger partial charge is 0.228 e. The molecule has 22 heavy (non-hydrogen) atoms. The van der Waals surface area contributed by atoms with E-state index in [1.54, 1.807) is 6.92 Å². The first-order valence-electron chi connectivity index (χ1n) is 7.08. The molecular formula is C14H17ClFN5O. The third-order valence-electron chi connectivity index (χ3n) is 3.49. The van der Waals surface area contributed by atoms with Gasteiger partial charge in [0.2, 0.25) is 5.88 Å². The van der Waals surface area contributed by atoms with Gasteiger partial charge in [-0.1, -0.05) is 11.6 Å². The van der Waals surface area contributed by atoms with E-state index in [-0.39, 0.29) is 22.7 Å². The van der Waals surface area contributed by atoms with Crippen molar-refractivity contribution in [2.75, 3.05) is 32.0 Å². The Morgan fingerprint density at radius 1 is 1.36 bits per heavy atom. The highest BCUT2D eigenvalue weighted by molar-refractivity contribution is 6.30. The first kappa shape index (κ1) is 15.2. The maximum absolute atomic E-state index is 14.3. The van der Waals surface area contributed by atoms with Gasteiger partial charge in [-0.15, -0.1) is 0 Å². The lowest BCUT2D eigenvalue weighted by Crippen LogP contribution is -2.35. The van der Waals surface area contributed by atoms with Crippen molar-refractivity contribution in [1.82, 2.24) is 19.9 Å². The Hall–Kier alpha value is -1.73. The van der Waals surface area contributed by atoms with Crippen LogP contribution >= 0.6 is 11.6 Å². The van der Waals surface area contributed by atoms with Gasteiger partial charge in [-0.25, -0.2) is 14.4 Å². The van der Waals surface area contributed by atoms with Crippen molar-refractivity contribution >= 4 is 28.3 Å². The van der Waals surface area contributed by atoms with Gasteiger partial charge in [0, 0.05) is 19.6 Å². The fourth-order valence-electron chi connectivity index (χ4n) is 2.56. The van der Waals surface area contributed by atoms with E-state index in [1.807, 2.05) is 14.0 Å². The number of hydrogen-bond donors (Lipinski definition) is 1. The van der Waals surface area contributed by atoms with Crippen LogP contribution in [0.1, 0.15) is 12.7 Å². The highest BCUT2D eigenvalue weighted by atomic mass is 35.5. The summed E-state index contributed by atoms with van der Waals surface area (Å²) < 4.78 is 20.2. The third-order valence-corrected chi connectivity index (χ3v) is 3.74. The van der Waals surface area contributed by atoms with Gasteiger partial charge < -0.3 is 15.0 Å². The molecule has 1 unspecified atom stereocenters. The molecule has 3 rings (SSSR count). The van der Waals surface area contributed by atoms with Crippen LogP contribution in [-0.2, 0) is 0 Å². The maximum Gasteiger partial charge on any atom is 0.228 e. The average Bonchev–Trinajstić information content (AvgIpc) is 2.43. The third kappa shape index (κ3) is 2.78. The Bertz CT molecular complexity index is 726. The number of likely N-dealkylation sites (N-methyl/N-ethyl adjacent to an activating group) is 1. The predicted octanol–water partition coefficient (Wildman–Crippen LogP) is 2.25. The van der Waals surface area contributed by atoms with E-state index in [2.05, 4.69) is 25.2 Å². The van der Waals surface area contributed by atoms with E-state index in [4.69, 9.17) is 16.3 Å². The van der Waals surface area contributed by atoms with Crippen molar-refractivity contribution in [3.8, 4) is 5.88 Å². The normalized spacial score (nSPS) is 19.6. The Labute approximate surface area is 132 Å². The molecule has 0 saturated carbocycles. The highest BCUT2D eigenvalue weighted by Crippen LogP contribution is 2.34. The molecule has 8 heteroatoms. The van der Waals surface area contributed by atoms with E-state index in [9.17, 15) is 4.39 Å². The van der Waals surface area contributed by atoms with Crippen molar-refractivity contribution in [2.45, 2.75) is 20.0 Å². The number of halogens is 2. The van der Waals surface area contributed by atoms with Gasteiger partial charge in [-0.05, 0) is 20.9 Å². The summed E-state index contributed by atoms with van der Waals surface area (Å²) in [5.74, 6) is 0.578. The minimum Gasteiger partial charge on any atom is -0.473 e. The average molecular weight is 326 g/mol. The molecule has 0 aromatic carbocycles. The largest absolute Gasteiger partial charge is 0.473 e. The zero-order valence-corrected chi connectivity index (χ0v) is 13.4. The number of pyridine rings is 1. The predicted molar refractivity (Wildman–Crippen MR) is 83.1 cm³/mol. The molecule has 0 fully saturated rings. The first-order valence-corrected chi connectivity index (χ1v) is 7.46. The molecule has 1 N–H and O–H groups in total. The minimum atomic E-state index is -0.653. The highest BCUT2D eigenvalue weighted by Gasteiger charge is 2.22. The van der Waals surface area contributed by atoms with Crippen molar-refractivity contribution in [1.29, 1.82) is 0 Å². The molecule has 1 aliphatic heterocycles. The molecule has 1 atom stereocenters. The summed E-state index contributed by atoms with van der Waals surface area (Å²) in [6.07, 6.45) is -0.116. The van der Waals surface area contributed by atoms with Crippen LogP contribution < -0.4 is 10.1 Å². The van der Waals surface area contributed by atoms with Gasteiger partial charge in [-0.3, -0.25) is 0 Å². The van der Waals surface area contributed by atoms with Crippen LogP contribution in [0.15, 0.2) is 0 Å². The molecule has 1 aliphatic rings. The minimum absolute atomic E-state index is 0.116. The van der Waals surface area contributed by atoms with Gasteiger partial charge >= 0.3 is 0 Å². The van der Waals surface area contributed by atoms with Gasteiger partial charge in [0.15, 0.2) is 11.0 Å². The van der Waals surface area contributed by atoms with Gasteiger partial charge in [-0.2, -0.15) is 4.98 Å². The second kappa shape index (κ2) is 5.81. The number of nitrogens with zero attached hydrogens (tertiary/aromatic N) is 4. The van der Waals surface area contributed by atoms with Crippen molar-refractivity contribution in [2.24, 2.45) is 0 Å². The molecular weight excluding hydrogens is 309 g/mol. The summed E-state index contributed by atoms with van der Waals surface area (Å²) in [5.41, 5.74) is 0.131. The fraction of sp³-hybridized carbons (Fsp3) is 0.500. The van der Waals surface area contributed by atoms with Crippen LogP contribution in [0.5, 0.6) is 5.88 Å². The molecule has 2 aromatic rings. The summed E-state index contributed by atoms with van der Waals surface area (Å²) in [4.78, 5) is 14.7. The standard InChI is InChI=1S/C14H17ClFN5O/c1-7-6-21(3)5-4-17-13-9-11(18-8(2)19-13)10(16)12(15)20-14(9)22-7/h7H,4-6H2,1-3H3,(H,17,18,19). The van der Waals surface area contributed by atoms with Crippen LogP contribution in [0.25, 0.3) is 10.9 Å². The summed E-state index contributed by atoms with van der Waals surface area (Å²) in [6, 6.07) is 0. The van der Waals surface area contributed by atoms with Crippen molar-refractivity contribution < 1.29 is 9.13 Å². The van der Waals surface area contributed by atoms with Crippen molar-refractivity contribution in [3.63, 3.8) is 0 Å². The SMILES string of the molecule is Cc1nc2c3c(nc(Cl)c(F)c3n1)OC(C)CN(C)CCN2. The summed E-state index contributed by atoms with van der Waals surface area (Å²) in [5, 5.41) is 3.40. The number of rotatable bonds is 0. The lowest BCUT2D eigenvalue weighted by molar-refractivity contribution is 0.160. The van der Waals surface area contributed by atoms with E-state index in [0.717, 1.165) is 13.1 Å². The molecule has 118 valence electrons. The molecule has 0 amide bonds. The quantitative estimate of drug-likeness (QED) is 0.750. The lowest BCUT2D eigenvalue weighted by Gasteiger charge is -2.25. The van der Waals surface area contributed by atoms with E-state index in [0.29, 0.717) is 23.6 Å². The molecule has 0 saturated heterocycles. The number of anilines is 1. The second-order valence-corrected chi connectivity index (χ2v) is 5.84. The number of ether oxygens (including phenoxy) is 1. The van der Waals surface area contributed by atoms with Crippen LogP contribution in [0.4, 0.5) is 10.2 Å². The molecule has 2 aromatic heterocycles. The number of hydrogen-bond acceptors (Lipinski definition) is 6. The zero-order valence-electron chi connectivity index (χ0n) is 12.7. The summed E-state index contributed by atoms with van der Waals surface area (Å²) >= 11 is 5.89. The summed E-state index contributed by atoms with van der Waals surface area (Å²) in [7, 11) is 2.01. The van der Waals surface area contributed by atoms with Gasteiger partial charge in [0.1, 0.15) is 28.6 Å². The lowest BCUT2D eigenvalue weighted by atomic mass is 10.2.